The molecule has 9 heteroatoms. The fourth-order valence-corrected chi connectivity index (χ4v) is 4.05. The number of carbonyl (C=O) groups is 1. The van der Waals surface area contributed by atoms with Crippen molar-refractivity contribution in [1.29, 1.82) is 0 Å². The lowest BCUT2D eigenvalue weighted by Crippen LogP contribution is -2.17. The first-order chi connectivity index (χ1) is 17.0. The van der Waals surface area contributed by atoms with Gasteiger partial charge in [-0.2, -0.15) is 5.10 Å². The second-order valence-electron chi connectivity index (χ2n) is 7.47. The molecule has 0 fully saturated rings. The van der Waals surface area contributed by atoms with Gasteiger partial charge in [-0.15, -0.1) is 0 Å². The molecule has 0 aliphatic heterocycles. The van der Waals surface area contributed by atoms with Gasteiger partial charge in [0.2, 0.25) is 0 Å². The summed E-state index contributed by atoms with van der Waals surface area (Å²) in [5.41, 5.74) is 4.56. The number of nitrogens with one attached hydrogen (secondary N) is 1. The number of amides is 1. The summed E-state index contributed by atoms with van der Waals surface area (Å²) in [4.78, 5) is 23.0. The molecule has 0 atom stereocenters. The van der Waals surface area contributed by atoms with E-state index in [2.05, 4.69) is 26.5 Å². The first-order valence-electron chi connectivity index (χ1n) is 10.5. The molecule has 176 valence electrons. The van der Waals surface area contributed by atoms with Crippen LogP contribution in [0.5, 0.6) is 11.5 Å². The second-order valence-corrected chi connectivity index (χ2v) is 8.33. The summed E-state index contributed by atoms with van der Waals surface area (Å²) in [6, 6.07) is 22.8. The van der Waals surface area contributed by atoms with Crippen LogP contribution >= 0.6 is 15.9 Å². The van der Waals surface area contributed by atoms with Crippen LogP contribution in [0, 0.1) is 10.1 Å². The van der Waals surface area contributed by atoms with E-state index in [4.69, 9.17) is 9.47 Å². The van der Waals surface area contributed by atoms with Gasteiger partial charge in [0, 0.05) is 17.7 Å². The Morgan fingerprint density at radius 3 is 2.57 bits per heavy atom. The van der Waals surface area contributed by atoms with Crippen molar-refractivity contribution in [3.8, 4) is 11.5 Å². The van der Waals surface area contributed by atoms with Gasteiger partial charge in [-0.25, -0.2) is 5.43 Å². The molecule has 0 aliphatic rings. The number of hydrogen-bond acceptors (Lipinski definition) is 6. The summed E-state index contributed by atoms with van der Waals surface area (Å²) < 4.78 is 12.0. The molecular weight excluding hydrogens is 514 g/mol. The van der Waals surface area contributed by atoms with Crippen LogP contribution in [0.1, 0.15) is 21.5 Å². The van der Waals surface area contributed by atoms with E-state index in [9.17, 15) is 14.9 Å². The SMILES string of the molecule is COc1cc(/C=N\NC(=O)c2cccc3ccccc23)cc(Br)c1OCc1ccc([N+](=O)[O-])cc1. The number of rotatable bonds is 8. The van der Waals surface area contributed by atoms with E-state index in [1.54, 1.807) is 30.3 Å². The van der Waals surface area contributed by atoms with Crippen LogP contribution in [0.15, 0.2) is 88.4 Å². The van der Waals surface area contributed by atoms with Crippen molar-refractivity contribution in [2.24, 2.45) is 5.10 Å². The van der Waals surface area contributed by atoms with Gasteiger partial charge < -0.3 is 9.47 Å². The zero-order valence-corrected chi connectivity index (χ0v) is 20.2. The highest BCUT2D eigenvalue weighted by atomic mass is 79.9. The minimum Gasteiger partial charge on any atom is -0.493 e. The van der Waals surface area contributed by atoms with E-state index < -0.39 is 4.92 Å². The van der Waals surface area contributed by atoms with E-state index in [0.717, 1.165) is 16.3 Å². The highest BCUT2D eigenvalue weighted by Gasteiger charge is 2.13. The predicted octanol–water partition coefficient (Wildman–Crippen LogP) is 5.86. The minimum atomic E-state index is -0.449. The fraction of sp³-hybridized carbons (Fsp3) is 0.0769. The molecule has 8 nitrogen and oxygen atoms in total. The molecule has 0 heterocycles. The zero-order chi connectivity index (χ0) is 24.8. The molecule has 4 aromatic carbocycles. The van der Waals surface area contributed by atoms with Crippen LogP contribution in [0.2, 0.25) is 0 Å². The van der Waals surface area contributed by atoms with Crippen molar-refractivity contribution < 1.29 is 19.2 Å². The maximum atomic E-state index is 12.7. The monoisotopic (exact) mass is 533 g/mol. The van der Waals surface area contributed by atoms with Gasteiger partial charge in [0.25, 0.3) is 11.6 Å². The van der Waals surface area contributed by atoms with Gasteiger partial charge in [0.15, 0.2) is 11.5 Å². The smallest absolute Gasteiger partial charge is 0.271 e. The number of nitro groups is 1. The first kappa shape index (κ1) is 23.9. The number of ether oxygens (including phenoxy) is 2. The molecule has 1 amide bonds. The number of hydrazone groups is 1. The number of carbonyl (C=O) groups excluding carboxylic acids is 1. The Morgan fingerprint density at radius 2 is 1.83 bits per heavy atom. The number of benzene rings is 4. The van der Waals surface area contributed by atoms with Gasteiger partial charge in [0.1, 0.15) is 6.61 Å². The number of fused-ring (bicyclic) bond motifs is 1. The Kier molecular flexibility index (Phi) is 7.37. The van der Waals surface area contributed by atoms with Crippen LogP contribution in [0.25, 0.3) is 10.8 Å². The maximum absolute atomic E-state index is 12.7. The summed E-state index contributed by atoms with van der Waals surface area (Å²) in [6.45, 7) is 0.196. The lowest BCUT2D eigenvalue weighted by molar-refractivity contribution is -0.384. The van der Waals surface area contributed by atoms with Crippen LogP contribution in [0.4, 0.5) is 5.69 Å². The number of halogens is 1. The number of methoxy groups -OCH3 is 1. The fourth-order valence-electron chi connectivity index (χ4n) is 3.47. The van der Waals surface area contributed by atoms with E-state index >= 15 is 0 Å². The number of non-ortho nitro benzene ring substituents is 1. The molecule has 0 radical (unpaired) electrons. The lowest BCUT2D eigenvalue weighted by atomic mass is 10.0. The molecule has 1 N–H and O–H groups in total. The lowest BCUT2D eigenvalue weighted by Gasteiger charge is -2.13. The summed E-state index contributed by atoms with van der Waals surface area (Å²) in [6.07, 6.45) is 1.51. The number of nitrogens with zero attached hydrogens (tertiary/aromatic N) is 2. The Morgan fingerprint density at radius 1 is 1.09 bits per heavy atom. The number of hydrogen-bond donors (Lipinski definition) is 1. The van der Waals surface area contributed by atoms with Crippen molar-refractivity contribution in [2.45, 2.75) is 6.61 Å². The average Bonchev–Trinajstić information content (AvgIpc) is 2.87. The van der Waals surface area contributed by atoms with Gasteiger partial charge >= 0.3 is 0 Å². The largest absolute Gasteiger partial charge is 0.493 e. The standard InChI is InChI=1S/C26H20BrN3O5/c1-34-24-14-18(13-23(27)25(24)35-16-17-9-11-20(12-10-17)30(32)33)15-28-29-26(31)22-8-4-6-19-5-2-3-7-21(19)22/h2-15H,16H2,1H3,(H,29,31)/b28-15-. The van der Waals surface area contributed by atoms with Gasteiger partial charge in [-0.05, 0) is 68.2 Å². The van der Waals surface area contributed by atoms with Crippen LogP contribution in [-0.2, 0) is 6.61 Å². The van der Waals surface area contributed by atoms with Crippen molar-refractivity contribution in [3.05, 3.63) is 110 Å². The normalized spacial score (nSPS) is 10.9. The quantitative estimate of drug-likeness (QED) is 0.173. The number of nitro benzene ring substituents is 1. The molecule has 35 heavy (non-hydrogen) atoms. The van der Waals surface area contributed by atoms with Crippen LogP contribution < -0.4 is 14.9 Å². The van der Waals surface area contributed by atoms with E-state index in [-0.39, 0.29) is 18.2 Å². The van der Waals surface area contributed by atoms with E-state index in [1.165, 1.54) is 25.5 Å². The first-order valence-corrected chi connectivity index (χ1v) is 11.3. The topological polar surface area (TPSA) is 103 Å². The van der Waals surface area contributed by atoms with Crippen molar-refractivity contribution in [3.63, 3.8) is 0 Å². The molecule has 0 bridgehead atoms. The minimum absolute atomic E-state index is 0.0173. The van der Waals surface area contributed by atoms with Crippen LogP contribution in [0.3, 0.4) is 0 Å². The van der Waals surface area contributed by atoms with Gasteiger partial charge in [-0.3, -0.25) is 14.9 Å². The average molecular weight is 534 g/mol. The summed E-state index contributed by atoms with van der Waals surface area (Å²) in [5.74, 6) is 0.623. The molecule has 0 spiro atoms. The van der Waals surface area contributed by atoms with Gasteiger partial charge in [0.05, 0.1) is 22.7 Å². The molecule has 4 rings (SSSR count). The molecule has 0 aliphatic carbocycles. The maximum Gasteiger partial charge on any atom is 0.271 e. The molecule has 0 unspecified atom stereocenters. The molecule has 0 aromatic heterocycles. The summed E-state index contributed by atoms with van der Waals surface area (Å²) in [5, 5.41) is 16.7. The molecule has 0 saturated heterocycles. The molecular formula is C26H20BrN3O5. The van der Waals surface area contributed by atoms with E-state index in [1.807, 2.05) is 36.4 Å². The van der Waals surface area contributed by atoms with E-state index in [0.29, 0.717) is 27.1 Å². The van der Waals surface area contributed by atoms with Crippen molar-refractivity contribution in [2.75, 3.05) is 7.11 Å². The van der Waals surface area contributed by atoms with Crippen molar-refractivity contribution >= 4 is 44.5 Å². The Balaban J connectivity index is 1.45. The summed E-state index contributed by atoms with van der Waals surface area (Å²) >= 11 is 3.48. The third-order valence-corrected chi connectivity index (χ3v) is 5.79. The Bertz CT molecular complexity index is 1420. The van der Waals surface area contributed by atoms with Gasteiger partial charge in [-0.1, -0.05) is 36.4 Å². The summed E-state index contributed by atoms with van der Waals surface area (Å²) in [7, 11) is 1.52. The predicted molar refractivity (Wildman–Crippen MR) is 137 cm³/mol. The third kappa shape index (κ3) is 5.64. The Labute approximate surface area is 209 Å². The molecule has 0 saturated carbocycles. The zero-order valence-electron chi connectivity index (χ0n) is 18.6. The molecule has 4 aromatic rings. The third-order valence-electron chi connectivity index (χ3n) is 5.20. The van der Waals surface area contributed by atoms with Crippen LogP contribution in [-0.4, -0.2) is 24.2 Å². The second kappa shape index (κ2) is 10.8. The highest BCUT2D eigenvalue weighted by molar-refractivity contribution is 9.10. The highest BCUT2D eigenvalue weighted by Crippen LogP contribution is 2.37. The Hall–Kier alpha value is -4.24. The van der Waals surface area contributed by atoms with Crippen molar-refractivity contribution in [1.82, 2.24) is 5.43 Å².